The Balaban J connectivity index is 0.00000162. The maximum atomic E-state index is 9.93. The van der Waals surface area contributed by atoms with E-state index in [1.165, 1.54) is 4.68 Å². The van der Waals surface area contributed by atoms with E-state index >= 15 is 0 Å². The Bertz CT molecular complexity index is 1360. The fourth-order valence-electron chi connectivity index (χ4n) is 3.55. The minimum absolute atomic E-state index is 0. The van der Waals surface area contributed by atoms with E-state index in [2.05, 4.69) is 22.2 Å². The van der Waals surface area contributed by atoms with Crippen LogP contribution in [0.1, 0.15) is 18.7 Å². The second kappa shape index (κ2) is 11.1. The Morgan fingerprint density at radius 1 is 0.882 bits per heavy atom. The molecule has 5 aromatic rings. The molecule has 0 aliphatic heterocycles. The van der Waals surface area contributed by atoms with Crippen LogP contribution in [0.15, 0.2) is 91.4 Å². The Hall–Kier alpha value is -3.45. The van der Waals surface area contributed by atoms with Gasteiger partial charge in [-0.2, -0.15) is 0 Å². The van der Waals surface area contributed by atoms with Crippen molar-refractivity contribution < 1.29 is 9.84 Å². The molecule has 3 aromatic heterocycles. The summed E-state index contributed by atoms with van der Waals surface area (Å²) < 4.78 is 7.52. The summed E-state index contributed by atoms with van der Waals surface area (Å²) in [5, 5.41) is 15.5. The van der Waals surface area contributed by atoms with Crippen LogP contribution >= 0.6 is 24.8 Å². The van der Waals surface area contributed by atoms with Gasteiger partial charge in [0.15, 0.2) is 0 Å². The topological polar surface area (TPSA) is 73.1 Å². The lowest BCUT2D eigenvalue weighted by Crippen LogP contribution is -2.04. The molecule has 0 radical (unpaired) electrons. The molecule has 0 fully saturated rings. The third kappa shape index (κ3) is 5.37. The summed E-state index contributed by atoms with van der Waals surface area (Å²) in [6.45, 7) is 2.02. The van der Waals surface area contributed by atoms with Crippen molar-refractivity contribution >= 4 is 35.7 Å². The molecule has 0 aliphatic rings. The Kier molecular flexibility index (Phi) is 8.23. The maximum absolute atomic E-state index is 9.93. The average Bonchev–Trinajstić information content (AvgIpc) is 3.28. The van der Waals surface area contributed by atoms with E-state index in [-0.39, 0.29) is 24.8 Å². The number of pyridine rings is 2. The quantitative estimate of drug-likeness (QED) is 0.309. The number of aliphatic hydroxyl groups excluding tert-OH is 1. The highest BCUT2D eigenvalue weighted by molar-refractivity contribution is 5.85. The number of para-hydroxylation sites is 1. The monoisotopic (exact) mass is 494 g/mol. The predicted octanol–water partition coefficient (Wildman–Crippen LogP) is 6.09. The number of halogens is 2. The second-order valence-electron chi connectivity index (χ2n) is 7.57. The zero-order valence-corrected chi connectivity index (χ0v) is 20.0. The molecule has 0 aliphatic carbocycles. The van der Waals surface area contributed by atoms with Gasteiger partial charge in [-0.15, -0.1) is 29.9 Å². The van der Waals surface area contributed by atoms with Crippen molar-refractivity contribution in [2.75, 3.05) is 0 Å². The molecule has 174 valence electrons. The molecule has 0 spiro atoms. The van der Waals surface area contributed by atoms with E-state index in [1.807, 2.05) is 60.7 Å². The molecule has 0 bridgehead atoms. The number of hydrogen-bond donors (Lipinski definition) is 1. The summed E-state index contributed by atoms with van der Waals surface area (Å²) in [6.07, 6.45) is 4.47. The molecule has 2 aromatic carbocycles. The summed E-state index contributed by atoms with van der Waals surface area (Å²) in [6, 6.07) is 24.2. The van der Waals surface area contributed by atoms with Gasteiger partial charge in [0, 0.05) is 29.5 Å². The molecule has 1 atom stereocenters. The van der Waals surface area contributed by atoms with Crippen LogP contribution in [-0.2, 0) is 6.61 Å². The van der Waals surface area contributed by atoms with E-state index in [0.29, 0.717) is 12.5 Å². The SMILES string of the molecule is CC(O)n1cc(-c2ccncc2)c(OCc2ccc(-c3ccc4ccccc4n3)cc2)n1.Cl.Cl. The molecular weight excluding hydrogens is 471 g/mol. The van der Waals surface area contributed by atoms with Gasteiger partial charge in [-0.1, -0.05) is 48.5 Å². The van der Waals surface area contributed by atoms with Crippen molar-refractivity contribution in [3.63, 3.8) is 0 Å². The normalized spacial score (nSPS) is 11.4. The molecular formula is C26H24Cl2N4O2. The zero-order chi connectivity index (χ0) is 21.9. The number of hydrogen-bond acceptors (Lipinski definition) is 5. The standard InChI is InChI=1S/C26H22N4O2.2ClH/c1-18(31)30-16-23(20-12-14-27-15-13-20)26(29-30)32-17-19-6-8-22(9-7-19)25-11-10-21-4-2-3-5-24(21)28-25;;/h2-16,18,31H,17H2,1H3;2*1H. The zero-order valence-electron chi connectivity index (χ0n) is 18.4. The van der Waals surface area contributed by atoms with Crippen LogP contribution in [0.25, 0.3) is 33.3 Å². The predicted molar refractivity (Wildman–Crippen MR) is 138 cm³/mol. The fourth-order valence-corrected chi connectivity index (χ4v) is 3.55. The van der Waals surface area contributed by atoms with Gasteiger partial charge < -0.3 is 9.84 Å². The first-order valence-corrected chi connectivity index (χ1v) is 10.4. The van der Waals surface area contributed by atoms with E-state index in [0.717, 1.165) is 38.9 Å². The van der Waals surface area contributed by atoms with Gasteiger partial charge in [0.05, 0.1) is 16.8 Å². The smallest absolute Gasteiger partial charge is 0.241 e. The summed E-state index contributed by atoms with van der Waals surface area (Å²) in [4.78, 5) is 8.82. The van der Waals surface area contributed by atoms with Crippen LogP contribution < -0.4 is 4.74 Å². The Labute approximate surface area is 210 Å². The molecule has 0 saturated carbocycles. The summed E-state index contributed by atoms with van der Waals surface area (Å²) >= 11 is 0. The number of rotatable bonds is 6. The first-order valence-electron chi connectivity index (χ1n) is 10.4. The first-order chi connectivity index (χ1) is 15.7. The number of fused-ring (bicyclic) bond motifs is 1. The lowest BCUT2D eigenvalue weighted by atomic mass is 10.1. The van der Waals surface area contributed by atoms with E-state index in [9.17, 15) is 5.11 Å². The third-order valence-electron chi connectivity index (χ3n) is 5.30. The molecule has 6 nitrogen and oxygen atoms in total. The van der Waals surface area contributed by atoms with E-state index < -0.39 is 6.23 Å². The van der Waals surface area contributed by atoms with Gasteiger partial charge in [-0.25, -0.2) is 9.67 Å². The highest BCUT2D eigenvalue weighted by atomic mass is 35.5. The van der Waals surface area contributed by atoms with Gasteiger partial charge >= 0.3 is 0 Å². The summed E-state index contributed by atoms with van der Waals surface area (Å²) in [7, 11) is 0. The first kappa shape index (κ1) is 25.2. The number of aromatic nitrogens is 4. The lowest BCUT2D eigenvalue weighted by Gasteiger charge is -2.08. The van der Waals surface area contributed by atoms with Crippen LogP contribution in [0.4, 0.5) is 0 Å². The number of aliphatic hydroxyl groups is 1. The van der Waals surface area contributed by atoms with Gasteiger partial charge in [0.2, 0.25) is 5.88 Å². The van der Waals surface area contributed by atoms with Crippen molar-refractivity contribution in [1.29, 1.82) is 0 Å². The van der Waals surface area contributed by atoms with Gasteiger partial charge in [0.1, 0.15) is 12.8 Å². The van der Waals surface area contributed by atoms with Crippen molar-refractivity contribution in [3.05, 3.63) is 97.0 Å². The highest BCUT2D eigenvalue weighted by Gasteiger charge is 2.15. The molecule has 1 N–H and O–H groups in total. The van der Waals surface area contributed by atoms with Crippen molar-refractivity contribution in [3.8, 4) is 28.3 Å². The van der Waals surface area contributed by atoms with Gasteiger partial charge in [-0.05, 0) is 42.3 Å². The van der Waals surface area contributed by atoms with Crippen molar-refractivity contribution in [1.82, 2.24) is 19.7 Å². The lowest BCUT2D eigenvalue weighted by molar-refractivity contribution is 0.108. The molecule has 3 heterocycles. The number of nitrogens with zero attached hydrogens (tertiary/aromatic N) is 4. The van der Waals surface area contributed by atoms with Gasteiger partial charge in [0.25, 0.3) is 0 Å². The molecule has 34 heavy (non-hydrogen) atoms. The Morgan fingerprint density at radius 3 is 2.35 bits per heavy atom. The number of benzene rings is 2. The number of ether oxygens (including phenoxy) is 1. The van der Waals surface area contributed by atoms with Crippen LogP contribution in [0, 0.1) is 0 Å². The minimum atomic E-state index is -0.748. The maximum Gasteiger partial charge on any atom is 0.241 e. The largest absolute Gasteiger partial charge is 0.471 e. The summed E-state index contributed by atoms with van der Waals surface area (Å²) in [5.41, 5.74) is 5.73. The van der Waals surface area contributed by atoms with Crippen LogP contribution in [0.3, 0.4) is 0 Å². The molecule has 0 amide bonds. The molecule has 0 saturated heterocycles. The highest BCUT2D eigenvalue weighted by Crippen LogP contribution is 2.30. The second-order valence-corrected chi connectivity index (χ2v) is 7.57. The van der Waals surface area contributed by atoms with Crippen molar-refractivity contribution in [2.45, 2.75) is 19.8 Å². The van der Waals surface area contributed by atoms with Gasteiger partial charge in [-0.3, -0.25) is 4.98 Å². The summed E-state index contributed by atoms with van der Waals surface area (Å²) in [5.74, 6) is 0.470. The average molecular weight is 495 g/mol. The minimum Gasteiger partial charge on any atom is -0.471 e. The Morgan fingerprint density at radius 2 is 1.62 bits per heavy atom. The van der Waals surface area contributed by atoms with Crippen LogP contribution in [-0.4, -0.2) is 24.9 Å². The molecule has 1 unspecified atom stereocenters. The van der Waals surface area contributed by atoms with E-state index in [4.69, 9.17) is 9.72 Å². The van der Waals surface area contributed by atoms with E-state index in [1.54, 1.807) is 25.5 Å². The van der Waals surface area contributed by atoms with Crippen molar-refractivity contribution in [2.24, 2.45) is 0 Å². The van der Waals surface area contributed by atoms with Crippen LogP contribution in [0.2, 0.25) is 0 Å². The molecule has 8 heteroatoms. The fraction of sp³-hybridized carbons (Fsp3) is 0.115. The van der Waals surface area contributed by atoms with Crippen LogP contribution in [0.5, 0.6) is 5.88 Å². The third-order valence-corrected chi connectivity index (χ3v) is 5.30. The molecule has 5 rings (SSSR count).